The molecule has 1 atom stereocenters. The molecule has 156 valence electrons. The average molecular weight is 407 g/mol. The molecule has 0 aliphatic heterocycles. The van der Waals surface area contributed by atoms with Gasteiger partial charge >= 0.3 is 5.97 Å². The molecule has 0 saturated heterocycles. The van der Waals surface area contributed by atoms with Crippen LogP contribution >= 0.6 is 0 Å². The van der Waals surface area contributed by atoms with Crippen LogP contribution in [0.2, 0.25) is 0 Å². The summed E-state index contributed by atoms with van der Waals surface area (Å²) in [5.74, 6) is -0.684. The topological polar surface area (TPSA) is 90.3 Å². The van der Waals surface area contributed by atoms with Gasteiger partial charge in [0.25, 0.3) is 11.5 Å². The second kappa shape index (κ2) is 9.82. The van der Waals surface area contributed by atoms with Crippen molar-refractivity contribution >= 4 is 22.8 Å². The molecular formula is C23H25N3O4. The number of hydrogen-bond donors (Lipinski definition) is 1. The highest BCUT2D eigenvalue weighted by atomic mass is 16.5. The van der Waals surface area contributed by atoms with Crippen LogP contribution in [0.5, 0.6) is 0 Å². The first-order valence-electron chi connectivity index (χ1n) is 9.88. The first-order valence-corrected chi connectivity index (χ1v) is 9.88. The lowest BCUT2D eigenvalue weighted by atomic mass is 9.97. The number of benzene rings is 2. The summed E-state index contributed by atoms with van der Waals surface area (Å²) < 4.78 is 6.25. The van der Waals surface area contributed by atoms with E-state index in [2.05, 4.69) is 24.1 Å². The molecule has 30 heavy (non-hydrogen) atoms. The van der Waals surface area contributed by atoms with Crippen LogP contribution in [0.15, 0.2) is 65.7 Å². The normalized spacial score (nSPS) is 12.0. The van der Waals surface area contributed by atoms with E-state index in [0.717, 1.165) is 12.0 Å². The van der Waals surface area contributed by atoms with Crippen molar-refractivity contribution in [2.75, 3.05) is 6.61 Å². The molecule has 0 saturated carbocycles. The average Bonchev–Trinajstić information content (AvgIpc) is 2.74. The summed E-state index contributed by atoms with van der Waals surface area (Å²) in [7, 11) is 0. The minimum Gasteiger partial charge on any atom is -0.454 e. The fourth-order valence-corrected chi connectivity index (χ4v) is 3.22. The molecule has 0 unspecified atom stereocenters. The summed E-state index contributed by atoms with van der Waals surface area (Å²) in [4.78, 5) is 41.1. The Morgan fingerprint density at radius 3 is 2.50 bits per heavy atom. The number of amides is 1. The van der Waals surface area contributed by atoms with Crippen molar-refractivity contribution < 1.29 is 14.3 Å². The van der Waals surface area contributed by atoms with Crippen molar-refractivity contribution in [2.24, 2.45) is 5.92 Å². The third kappa shape index (κ3) is 5.53. The molecule has 0 fully saturated rings. The third-order valence-corrected chi connectivity index (χ3v) is 4.64. The van der Waals surface area contributed by atoms with E-state index in [1.54, 1.807) is 24.3 Å². The Balaban J connectivity index is 1.58. The molecule has 7 heteroatoms. The summed E-state index contributed by atoms with van der Waals surface area (Å²) in [6, 6.07) is 16.4. The van der Waals surface area contributed by atoms with Crippen LogP contribution in [0.1, 0.15) is 31.9 Å². The van der Waals surface area contributed by atoms with Crippen LogP contribution in [-0.2, 0) is 20.9 Å². The molecule has 3 rings (SSSR count). The zero-order valence-electron chi connectivity index (χ0n) is 17.1. The number of aromatic nitrogens is 2. The molecular weight excluding hydrogens is 382 g/mol. The van der Waals surface area contributed by atoms with Crippen molar-refractivity contribution in [3.8, 4) is 0 Å². The molecule has 0 bridgehead atoms. The first-order chi connectivity index (χ1) is 14.4. The predicted octanol–water partition coefficient (Wildman–Crippen LogP) is 2.84. The zero-order chi connectivity index (χ0) is 21.5. The number of nitrogens with one attached hydrogen (secondary N) is 1. The number of rotatable bonds is 8. The summed E-state index contributed by atoms with van der Waals surface area (Å²) in [6.07, 6.45) is 2.07. The lowest BCUT2D eigenvalue weighted by Gasteiger charge is -2.21. The minimum absolute atomic E-state index is 0.162. The van der Waals surface area contributed by atoms with Gasteiger partial charge in [0, 0.05) is 0 Å². The van der Waals surface area contributed by atoms with Gasteiger partial charge < -0.3 is 10.1 Å². The van der Waals surface area contributed by atoms with Crippen LogP contribution in [0.25, 0.3) is 10.9 Å². The van der Waals surface area contributed by atoms with Crippen molar-refractivity contribution in [1.82, 2.24) is 14.9 Å². The summed E-state index contributed by atoms with van der Waals surface area (Å²) in [5.41, 5.74) is 1.23. The molecule has 1 heterocycles. The lowest BCUT2D eigenvalue weighted by Crippen LogP contribution is -2.34. The maximum Gasteiger partial charge on any atom is 0.326 e. The standard InChI is InChI=1S/C23H25N3O4/c1-16(2)12-20(17-8-4-3-5-9-17)25-21(27)14-30-22(28)13-26-15-24-19-11-7-6-10-18(19)23(26)29/h3-11,15-16,20H,12-14H2,1-2H3,(H,25,27)/t20-/m1/s1. The van der Waals surface area contributed by atoms with E-state index in [9.17, 15) is 14.4 Å². The van der Waals surface area contributed by atoms with Crippen LogP contribution < -0.4 is 10.9 Å². The maximum atomic E-state index is 12.4. The molecule has 2 aromatic carbocycles. The van der Waals surface area contributed by atoms with Gasteiger partial charge in [0.15, 0.2) is 6.61 Å². The summed E-state index contributed by atoms with van der Waals surface area (Å²) in [5, 5.41) is 3.34. The largest absolute Gasteiger partial charge is 0.454 e. The van der Waals surface area contributed by atoms with E-state index in [1.807, 2.05) is 30.3 Å². The van der Waals surface area contributed by atoms with Gasteiger partial charge in [-0.3, -0.25) is 19.0 Å². The molecule has 1 amide bonds. The minimum atomic E-state index is -0.676. The van der Waals surface area contributed by atoms with E-state index in [1.165, 1.54) is 10.9 Å². The number of esters is 1. The molecule has 1 N–H and O–H groups in total. The summed E-state index contributed by atoms with van der Waals surface area (Å²) >= 11 is 0. The Morgan fingerprint density at radius 1 is 1.07 bits per heavy atom. The maximum absolute atomic E-state index is 12.4. The highest BCUT2D eigenvalue weighted by molar-refractivity contribution is 5.81. The van der Waals surface area contributed by atoms with Gasteiger partial charge in [-0.1, -0.05) is 56.3 Å². The molecule has 0 spiro atoms. The number of nitrogens with zero attached hydrogens (tertiary/aromatic N) is 2. The highest BCUT2D eigenvalue weighted by Gasteiger charge is 2.17. The van der Waals surface area contributed by atoms with Gasteiger partial charge in [-0.15, -0.1) is 0 Å². The van der Waals surface area contributed by atoms with Gasteiger partial charge in [-0.05, 0) is 30.0 Å². The van der Waals surface area contributed by atoms with Gasteiger partial charge in [0.2, 0.25) is 0 Å². The van der Waals surface area contributed by atoms with Gasteiger partial charge in [-0.2, -0.15) is 0 Å². The Kier molecular flexibility index (Phi) is 6.95. The van der Waals surface area contributed by atoms with E-state index >= 15 is 0 Å². The monoisotopic (exact) mass is 407 g/mol. The smallest absolute Gasteiger partial charge is 0.326 e. The molecule has 0 radical (unpaired) electrons. The fraction of sp³-hybridized carbons (Fsp3) is 0.304. The number of para-hydroxylation sites is 1. The number of ether oxygens (including phenoxy) is 1. The highest BCUT2D eigenvalue weighted by Crippen LogP contribution is 2.20. The van der Waals surface area contributed by atoms with Gasteiger partial charge in [0.05, 0.1) is 23.3 Å². The lowest BCUT2D eigenvalue weighted by molar-refractivity contribution is -0.149. The van der Waals surface area contributed by atoms with Crippen LogP contribution in [-0.4, -0.2) is 28.0 Å². The van der Waals surface area contributed by atoms with Gasteiger partial charge in [-0.25, -0.2) is 4.98 Å². The van der Waals surface area contributed by atoms with Crippen LogP contribution in [0.4, 0.5) is 0 Å². The Labute approximate surface area is 174 Å². The van der Waals surface area contributed by atoms with E-state index in [4.69, 9.17) is 4.74 Å². The number of hydrogen-bond acceptors (Lipinski definition) is 5. The molecule has 0 aliphatic rings. The first kappa shape index (κ1) is 21.2. The van der Waals surface area contributed by atoms with Crippen molar-refractivity contribution in [3.63, 3.8) is 0 Å². The second-order valence-electron chi connectivity index (χ2n) is 7.52. The van der Waals surface area contributed by atoms with Gasteiger partial charge in [0.1, 0.15) is 6.54 Å². The van der Waals surface area contributed by atoms with Crippen LogP contribution in [0, 0.1) is 5.92 Å². The summed E-state index contributed by atoms with van der Waals surface area (Å²) in [6.45, 7) is 3.45. The van der Waals surface area contributed by atoms with Crippen molar-refractivity contribution in [2.45, 2.75) is 32.9 Å². The quantitative estimate of drug-likeness (QED) is 0.580. The Hall–Kier alpha value is -3.48. The molecule has 0 aliphatic carbocycles. The SMILES string of the molecule is CC(C)C[C@@H](NC(=O)COC(=O)Cn1cnc2ccccc2c1=O)c1ccccc1. The van der Waals surface area contributed by atoms with E-state index in [-0.39, 0.29) is 24.1 Å². The Morgan fingerprint density at radius 2 is 1.77 bits per heavy atom. The third-order valence-electron chi connectivity index (χ3n) is 4.64. The number of carbonyl (C=O) groups is 2. The predicted molar refractivity (Wildman–Crippen MR) is 114 cm³/mol. The van der Waals surface area contributed by atoms with E-state index in [0.29, 0.717) is 16.8 Å². The molecule has 3 aromatic rings. The van der Waals surface area contributed by atoms with Crippen molar-refractivity contribution in [1.29, 1.82) is 0 Å². The second-order valence-corrected chi connectivity index (χ2v) is 7.52. The van der Waals surface area contributed by atoms with E-state index < -0.39 is 12.6 Å². The van der Waals surface area contributed by atoms with Crippen LogP contribution in [0.3, 0.4) is 0 Å². The molecule has 7 nitrogen and oxygen atoms in total. The number of carbonyl (C=O) groups excluding carboxylic acids is 2. The zero-order valence-corrected chi connectivity index (χ0v) is 17.1. The van der Waals surface area contributed by atoms with Crippen molar-refractivity contribution in [3.05, 3.63) is 76.8 Å². The number of fused-ring (bicyclic) bond motifs is 1. The fourth-order valence-electron chi connectivity index (χ4n) is 3.22. The molecule has 1 aromatic heterocycles. The Bertz CT molecular complexity index is 1080.